The molecule has 0 bridgehead atoms. The van der Waals surface area contributed by atoms with Crippen LogP contribution in [0.5, 0.6) is 0 Å². The number of nitrogens with zero attached hydrogens (tertiary/aromatic N) is 2. The molecule has 0 spiro atoms. The first-order valence-electron chi connectivity index (χ1n) is 7.48. The van der Waals surface area contributed by atoms with E-state index in [9.17, 15) is 4.79 Å². The highest BCUT2D eigenvalue weighted by molar-refractivity contribution is 7.22. The highest BCUT2D eigenvalue weighted by atomic mass is 32.1. The summed E-state index contributed by atoms with van der Waals surface area (Å²) in [6.07, 6.45) is 1.23. The lowest BCUT2D eigenvalue weighted by Gasteiger charge is -2.18. The van der Waals surface area contributed by atoms with Crippen molar-refractivity contribution in [3.63, 3.8) is 0 Å². The first-order chi connectivity index (χ1) is 11.4. The van der Waals surface area contributed by atoms with Gasteiger partial charge in [-0.15, -0.1) is 0 Å². The van der Waals surface area contributed by atoms with Crippen molar-refractivity contribution < 1.29 is 9.53 Å². The maximum absolute atomic E-state index is 11.8. The van der Waals surface area contributed by atoms with E-state index in [0.29, 0.717) is 5.13 Å². The Kier molecular flexibility index (Phi) is 4.35. The van der Waals surface area contributed by atoms with E-state index in [1.807, 2.05) is 57.2 Å². The second kappa shape index (κ2) is 6.45. The Morgan fingerprint density at radius 1 is 1.21 bits per heavy atom. The molecule has 1 aromatic carbocycles. The van der Waals surface area contributed by atoms with E-state index in [-0.39, 0.29) is 0 Å². The van der Waals surface area contributed by atoms with Crippen LogP contribution in [0.2, 0.25) is 0 Å². The lowest BCUT2D eigenvalue weighted by molar-refractivity contribution is 0.0636. The lowest BCUT2D eigenvalue weighted by Crippen LogP contribution is -2.27. The van der Waals surface area contributed by atoms with Crippen LogP contribution in [0.1, 0.15) is 20.8 Å². The minimum absolute atomic E-state index is 0.506. The number of pyridine rings is 1. The van der Waals surface area contributed by atoms with Crippen LogP contribution in [0.3, 0.4) is 0 Å². The maximum Gasteiger partial charge on any atom is 0.413 e. The van der Waals surface area contributed by atoms with Crippen LogP contribution in [-0.2, 0) is 4.74 Å². The second-order valence-corrected chi connectivity index (χ2v) is 7.20. The zero-order valence-electron chi connectivity index (χ0n) is 13.7. The average molecular weight is 342 g/mol. The number of anilines is 3. The smallest absolute Gasteiger partial charge is 0.413 e. The summed E-state index contributed by atoms with van der Waals surface area (Å²) in [5.74, 6) is 0.772. The maximum atomic E-state index is 11.8. The van der Waals surface area contributed by atoms with Gasteiger partial charge >= 0.3 is 6.09 Å². The van der Waals surface area contributed by atoms with Crippen LogP contribution in [0.25, 0.3) is 10.2 Å². The summed E-state index contributed by atoms with van der Waals surface area (Å²) in [5.41, 5.74) is 1.19. The number of amides is 1. The summed E-state index contributed by atoms with van der Waals surface area (Å²) in [6.45, 7) is 5.46. The molecular formula is C17H18N4O2S. The Bertz CT molecular complexity index is 856. The molecule has 0 unspecified atom stereocenters. The number of carbonyl (C=O) groups is 1. The molecule has 0 atom stereocenters. The van der Waals surface area contributed by atoms with Crippen LogP contribution < -0.4 is 10.6 Å². The fourth-order valence-electron chi connectivity index (χ4n) is 2.03. The number of hydrogen-bond acceptors (Lipinski definition) is 6. The first-order valence-corrected chi connectivity index (χ1v) is 8.29. The van der Waals surface area contributed by atoms with E-state index >= 15 is 0 Å². The number of fused-ring (bicyclic) bond motifs is 1. The number of benzene rings is 1. The number of nitrogens with one attached hydrogen (secondary N) is 2. The predicted molar refractivity (Wildman–Crippen MR) is 97.0 cm³/mol. The average Bonchev–Trinajstić information content (AvgIpc) is 2.87. The summed E-state index contributed by atoms with van der Waals surface area (Å²) in [7, 11) is 0. The predicted octanol–water partition coefficient (Wildman–Crippen LogP) is 4.78. The van der Waals surface area contributed by atoms with Crippen LogP contribution in [0, 0.1) is 0 Å². The van der Waals surface area contributed by atoms with Crippen LogP contribution >= 0.6 is 11.3 Å². The van der Waals surface area contributed by atoms with E-state index in [0.717, 1.165) is 21.7 Å². The molecule has 0 radical (unpaired) electrons. The zero-order valence-corrected chi connectivity index (χ0v) is 14.5. The van der Waals surface area contributed by atoms with Gasteiger partial charge in [0.1, 0.15) is 11.4 Å². The van der Waals surface area contributed by atoms with Gasteiger partial charge < -0.3 is 10.1 Å². The molecule has 3 aromatic rings. The summed E-state index contributed by atoms with van der Waals surface area (Å²) in [5, 5.41) is 6.41. The normalized spacial score (nSPS) is 11.3. The van der Waals surface area contributed by atoms with Gasteiger partial charge in [0.15, 0.2) is 5.13 Å². The third-order valence-corrected chi connectivity index (χ3v) is 3.87. The Hall–Kier alpha value is -2.67. The molecule has 0 aliphatic rings. The molecular weight excluding hydrogens is 324 g/mol. The second-order valence-electron chi connectivity index (χ2n) is 6.17. The fourth-order valence-corrected chi connectivity index (χ4v) is 2.92. The number of hydrogen-bond donors (Lipinski definition) is 2. The molecule has 0 saturated carbocycles. The van der Waals surface area contributed by atoms with Crippen molar-refractivity contribution in [1.29, 1.82) is 0 Å². The van der Waals surface area contributed by atoms with Crippen molar-refractivity contribution in [3.8, 4) is 0 Å². The fraction of sp³-hybridized carbons (Fsp3) is 0.235. The van der Waals surface area contributed by atoms with Crippen molar-refractivity contribution in [2.24, 2.45) is 0 Å². The van der Waals surface area contributed by atoms with Gasteiger partial charge in [-0.3, -0.25) is 5.32 Å². The number of ether oxygens (including phenoxy) is 1. The molecule has 2 N–H and O–H groups in total. The van der Waals surface area contributed by atoms with Crippen LogP contribution in [0.4, 0.5) is 21.4 Å². The first kappa shape index (κ1) is 16.2. The largest absolute Gasteiger partial charge is 0.444 e. The van der Waals surface area contributed by atoms with E-state index in [1.165, 1.54) is 11.3 Å². The Morgan fingerprint density at radius 2 is 2.04 bits per heavy atom. The Balaban J connectivity index is 1.75. The van der Waals surface area contributed by atoms with Crippen molar-refractivity contribution >= 4 is 44.3 Å². The van der Waals surface area contributed by atoms with Crippen molar-refractivity contribution in [1.82, 2.24) is 9.97 Å². The Labute approximate surface area is 143 Å². The SMILES string of the molecule is CC(C)(C)OC(=O)Nc1nc2ccc(Nc3ccccn3)cc2s1. The molecule has 24 heavy (non-hydrogen) atoms. The molecule has 7 heteroatoms. The number of carbonyl (C=O) groups excluding carboxylic acids is 1. The van der Waals surface area contributed by atoms with E-state index in [4.69, 9.17) is 4.74 Å². The van der Waals surface area contributed by atoms with E-state index in [2.05, 4.69) is 20.6 Å². The van der Waals surface area contributed by atoms with Crippen LogP contribution in [-0.4, -0.2) is 21.7 Å². The molecule has 0 aliphatic heterocycles. The van der Waals surface area contributed by atoms with Gasteiger partial charge in [-0.1, -0.05) is 17.4 Å². The van der Waals surface area contributed by atoms with E-state index in [1.54, 1.807) is 6.20 Å². The van der Waals surface area contributed by atoms with Crippen molar-refractivity contribution in [2.45, 2.75) is 26.4 Å². The van der Waals surface area contributed by atoms with Gasteiger partial charge in [-0.2, -0.15) is 0 Å². The van der Waals surface area contributed by atoms with Gasteiger partial charge in [0.2, 0.25) is 0 Å². The van der Waals surface area contributed by atoms with E-state index < -0.39 is 11.7 Å². The molecule has 1 amide bonds. The lowest BCUT2D eigenvalue weighted by atomic mass is 10.2. The molecule has 2 heterocycles. The van der Waals surface area contributed by atoms with Crippen molar-refractivity contribution in [3.05, 3.63) is 42.6 Å². The van der Waals surface area contributed by atoms with Crippen LogP contribution in [0.15, 0.2) is 42.6 Å². The number of aromatic nitrogens is 2. The molecule has 6 nitrogen and oxygen atoms in total. The molecule has 3 rings (SSSR count). The third kappa shape index (κ3) is 4.20. The van der Waals surface area contributed by atoms with Gasteiger partial charge in [0.05, 0.1) is 10.2 Å². The Morgan fingerprint density at radius 3 is 2.75 bits per heavy atom. The van der Waals surface area contributed by atoms with Gasteiger partial charge in [0.25, 0.3) is 0 Å². The molecule has 124 valence electrons. The summed E-state index contributed by atoms with van der Waals surface area (Å²) < 4.78 is 6.20. The van der Waals surface area contributed by atoms with Gasteiger partial charge in [-0.05, 0) is 51.1 Å². The topological polar surface area (TPSA) is 76.1 Å². The number of thiazole rings is 1. The minimum Gasteiger partial charge on any atom is -0.444 e. The van der Waals surface area contributed by atoms with Gasteiger partial charge in [-0.25, -0.2) is 14.8 Å². The molecule has 0 fully saturated rings. The number of rotatable bonds is 3. The highest BCUT2D eigenvalue weighted by Gasteiger charge is 2.17. The summed E-state index contributed by atoms with van der Waals surface area (Å²) in [6, 6.07) is 11.5. The van der Waals surface area contributed by atoms with Crippen molar-refractivity contribution in [2.75, 3.05) is 10.6 Å². The third-order valence-electron chi connectivity index (χ3n) is 2.93. The standard InChI is InChI=1S/C17H18N4O2S/c1-17(2,3)23-16(22)21-15-20-12-8-7-11(10-13(12)24-15)19-14-6-4-5-9-18-14/h4-10H,1-3H3,(H,18,19)(H,20,21,22). The molecule has 2 aromatic heterocycles. The minimum atomic E-state index is -0.541. The molecule has 0 aliphatic carbocycles. The monoisotopic (exact) mass is 342 g/mol. The summed E-state index contributed by atoms with van der Waals surface area (Å²) in [4.78, 5) is 20.5. The quantitative estimate of drug-likeness (QED) is 0.716. The highest BCUT2D eigenvalue weighted by Crippen LogP contribution is 2.29. The van der Waals surface area contributed by atoms with Gasteiger partial charge in [0, 0.05) is 11.9 Å². The zero-order chi connectivity index (χ0) is 17.2. The molecule has 0 saturated heterocycles. The summed E-state index contributed by atoms with van der Waals surface area (Å²) >= 11 is 1.39.